The van der Waals surface area contributed by atoms with E-state index in [1.807, 2.05) is 36.1 Å². The lowest BCUT2D eigenvalue weighted by Gasteiger charge is -2.38. The minimum Gasteiger partial charge on any atom is -0.393 e. The number of aryl methyl sites for hydroxylation is 1. The smallest absolute Gasteiger partial charge is 0.321 e. The summed E-state index contributed by atoms with van der Waals surface area (Å²) in [6.45, 7) is 5.47. The first-order valence-corrected chi connectivity index (χ1v) is 7.24. The zero-order chi connectivity index (χ0) is 14.8. The van der Waals surface area contributed by atoms with Crippen molar-refractivity contribution in [1.29, 1.82) is 0 Å². The second-order valence-corrected chi connectivity index (χ2v) is 6.15. The first-order chi connectivity index (χ1) is 9.40. The number of piperidine rings is 1. The Hall–Kier alpha value is -1.62. The van der Waals surface area contributed by atoms with Gasteiger partial charge in [-0.1, -0.05) is 36.8 Å². The first kappa shape index (κ1) is 14.8. The average Bonchev–Trinajstić information content (AvgIpc) is 2.42. The van der Waals surface area contributed by atoms with Crippen LogP contribution in [0.15, 0.2) is 24.3 Å². The van der Waals surface area contributed by atoms with Crippen LogP contribution in [-0.2, 0) is 0 Å². The summed E-state index contributed by atoms with van der Waals surface area (Å²) in [4.78, 5) is 14.6. The van der Waals surface area contributed by atoms with Gasteiger partial charge in [0.25, 0.3) is 0 Å². The molecule has 0 radical (unpaired) electrons. The number of hydrogen-bond acceptors (Lipinski definition) is 2. The molecule has 1 aromatic carbocycles. The molecule has 5 heteroatoms. The first-order valence-electron chi connectivity index (χ1n) is 6.83. The number of rotatable bonds is 2. The van der Waals surface area contributed by atoms with Gasteiger partial charge < -0.3 is 16.0 Å². The number of urea groups is 1. The molecule has 0 spiro atoms. The van der Waals surface area contributed by atoms with Gasteiger partial charge in [-0.15, -0.1) is 0 Å². The predicted molar refractivity (Wildman–Crippen MR) is 85.9 cm³/mol. The number of likely N-dealkylation sites (tertiary alicyclic amines) is 1. The summed E-state index contributed by atoms with van der Waals surface area (Å²) in [5.74, 6) is 0. The molecule has 108 valence electrons. The topological polar surface area (TPSA) is 58.4 Å². The number of nitrogens with one attached hydrogen (secondary N) is 1. The largest absolute Gasteiger partial charge is 0.393 e. The second-order valence-electron chi connectivity index (χ2n) is 5.71. The second kappa shape index (κ2) is 5.79. The molecule has 4 nitrogen and oxygen atoms in total. The number of carbonyl (C=O) groups excluding carboxylic acids is 1. The summed E-state index contributed by atoms with van der Waals surface area (Å²) < 4.78 is 0. The van der Waals surface area contributed by atoms with Crippen LogP contribution in [0.5, 0.6) is 0 Å². The average molecular weight is 291 g/mol. The van der Waals surface area contributed by atoms with Crippen LogP contribution in [0.4, 0.5) is 10.5 Å². The number of nitrogens with two attached hydrogens (primary N) is 1. The van der Waals surface area contributed by atoms with Gasteiger partial charge in [-0.3, -0.25) is 0 Å². The number of nitrogens with zero attached hydrogens (tertiary/aromatic N) is 1. The van der Waals surface area contributed by atoms with Gasteiger partial charge in [-0.2, -0.15) is 0 Å². The SMILES string of the molecule is Cc1ccc(NC(=O)N2CCC(C)(C(N)=S)CC2)cc1. The number of thiocarbonyl (C=S) groups is 1. The lowest BCUT2D eigenvalue weighted by Crippen LogP contribution is -2.47. The van der Waals surface area contributed by atoms with Crippen LogP contribution in [0.2, 0.25) is 0 Å². The minimum atomic E-state index is -0.115. The molecule has 1 fully saturated rings. The zero-order valence-corrected chi connectivity index (χ0v) is 12.8. The number of amides is 2. The summed E-state index contributed by atoms with van der Waals surface area (Å²) in [5.41, 5.74) is 7.65. The minimum absolute atomic E-state index is 0.0566. The van der Waals surface area contributed by atoms with E-state index in [4.69, 9.17) is 18.0 Å². The zero-order valence-electron chi connectivity index (χ0n) is 12.0. The molecular formula is C15H21N3OS. The van der Waals surface area contributed by atoms with Crippen LogP contribution in [0.1, 0.15) is 25.3 Å². The lowest BCUT2D eigenvalue weighted by atomic mass is 9.80. The molecule has 20 heavy (non-hydrogen) atoms. The van der Waals surface area contributed by atoms with E-state index in [1.54, 1.807) is 0 Å². The molecule has 0 unspecified atom stereocenters. The van der Waals surface area contributed by atoms with Crippen molar-refractivity contribution >= 4 is 28.9 Å². The van der Waals surface area contributed by atoms with Crippen molar-refractivity contribution in [3.05, 3.63) is 29.8 Å². The molecule has 1 saturated heterocycles. The highest BCUT2D eigenvalue weighted by Crippen LogP contribution is 2.31. The fourth-order valence-corrected chi connectivity index (χ4v) is 2.49. The maximum atomic E-state index is 12.2. The van der Waals surface area contributed by atoms with E-state index >= 15 is 0 Å². The molecule has 1 heterocycles. The number of anilines is 1. The summed E-state index contributed by atoms with van der Waals surface area (Å²) in [7, 11) is 0. The highest BCUT2D eigenvalue weighted by molar-refractivity contribution is 7.80. The Bertz CT molecular complexity index is 504. The molecule has 1 aliphatic rings. The van der Waals surface area contributed by atoms with E-state index in [0.717, 1.165) is 18.5 Å². The molecule has 1 aromatic rings. The summed E-state index contributed by atoms with van der Waals surface area (Å²) in [5, 5.41) is 2.92. The van der Waals surface area contributed by atoms with Crippen molar-refractivity contribution in [2.24, 2.45) is 11.1 Å². The Morgan fingerprint density at radius 1 is 1.30 bits per heavy atom. The molecule has 0 aliphatic carbocycles. The number of carbonyl (C=O) groups is 1. The quantitative estimate of drug-likeness (QED) is 0.824. The van der Waals surface area contributed by atoms with Gasteiger partial charge in [0.1, 0.15) is 0 Å². The van der Waals surface area contributed by atoms with Crippen molar-refractivity contribution in [3.8, 4) is 0 Å². The molecular weight excluding hydrogens is 270 g/mol. The van der Waals surface area contributed by atoms with E-state index in [1.165, 1.54) is 5.56 Å². The fraction of sp³-hybridized carbons (Fsp3) is 0.467. The van der Waals surface area contributed by atoms with E-state index < -0.39 is 0 Å². The Kier molecular flexibility index (Phi) is 4.28. The standard InChI is InChI=1S/C15H21N3OS/c1-11-3-5-12(6-4-11)17-14(19)18-9-7-15(2,8-10-18)13(16)20/h3-6H,7-10H2,1-2H3,(H2,16,20)(H,17,19). The summed E-state index contributed by atoms with van der Waals surface area (Å²) in [6.07, 6.45) is 1.65. The molecule has 1 aliphatic heterocycles. The van der Waals surface area contributed by atoms with Crippen LogP contribution >= 0.6 is 12.2 Å². The number of benzene rings is 1. The molecule has 2 amide bonds. The van der Waals surface area contributed by atoms with Crippen LogP contribution in [0.3, 0.4) is 0 Å². The lowest BCUT2D eigenvalue weighted by molar-refractivity contribution is 0.171. The van der Waals surface area contributed by atoms with E-state index in [-0.39, 0.29) is 11.4 Å². The molecule has 2 rings (SSSR count). The Labute approximate surface area is 125 Å². The summed E-state index contributed by atoms with van der Waals surface area (Å²) >= 11 is 5.11. The van der Waals surface area contributed by atoms with Gasteiger partial charge in [-0.05, 0) is 31.9 Å². The van der Waals surface area contributed by atoms with Gasteiger partial charge in [0.2, 0.25) is 0 Å². The molecule has 0 saturated carbocycles. The van der Waals surface area contributed by atoms with Crippen molar-refractivity contribution in [2.45, 2.75) is 26.7 Å². The van der Waals surface area contributed by atoms with Crippen LogP contribution in [0, 0.1) is 12.3 Å². The molecule has 3 N–H and O–H groups in total. The van der Waals surface area contributed by atoms with Gasteiger partial charge in [0.15, 0.2) is 0 Å². The van der Waals surface area contributed by atoms with Gasteiger partial charge in [-0.25, -0.2) is 4.79 Å². The third-order valence-corrected chi connectivity index (χ3v) is 4.54. The van der Waals surface area contributed by atoms with Crippen molar-refractivity contribution in [2.75, 3.05) is 18.4 Å². The molecule has 0 aromatic heterocycles. The van der Waals surface area contributed by atoms with Gasteiger partial charge in [0, 0.05) is 24.2 Å². The van der Waals surface area contributed by atoms with E-state index in [2.05, 4.69) is 12.2 Å². The van der Waals surface area contributed by atoms with E-state index in [9.17, 15) is 4.79 Å². The van der Waals surface area contributed by atoms with Crippen molar-refractivity contribution < 1.29 is 4.79 Å². The maximum Gasteiger partial charge on any atom is 0.321 e. The third kappa shape index (κ3) is 3.28. The predicted octanol–water partition coefficient (Wildman–Crippen LogP) is 2.92. The van der Waals surface area contributed by atoms with Gasteiger partial charge >= 0.3 is 6.03 Å². The Morgan fingerprint density at radius 3 is 2.35 bits per heavy atom. The van der Waals surface area contributed by atoms with Gasteiger partial charge in [0.05, 0.1) is 4.99 Å². The normalized spacial score (nSPS) is 17.6. The van der Waals surface area contributed by atoms with Crippen molar-refractivity contribution in [1.82, 2.24) is 4.90 Å². The maximum absolute atomic E-state index is 12.2. The highest BCUT2D eigenvalue weighted by atomic mass is 32.1. The Morgan fingerprint density at radius 2 is 1.85 bits per heavy atom. The van der Waals surface area contributed by atoms with Crippen molar-refractivity contribution in [3.63, 3.8) is 0 Å². The van der Waals surface area contributed by atoms with Crippen LogP contribution in [-0.4, -0.2) is 29.0 Å². The molecule has 0 atom stereocenters. The fourth-order valence-electron chi connectivity index (χ4n) is 2.29. The van der Waals surface area contributed by atoms with Crippen LogP contribution in [0.25, 0.3) is 0 Å². The highest BCUT2D eigenvalue weighted by Gasteiger charge is 2.34. The van der Waals surface area contributed by atoms with E-state index in [0.29, 0.717) is 18.1 Å². The Balaban J connectivity index is 1.92. The monoisotopic (exact) mass is 291 g/mol. The molecule has 0 bridgehead atoms. The van der Waals surface area contributed by atoms with Crippen LogP contribution < -0.4 is 11.1 Å². The number of hydrogen-bond donors (Lipinski definition) is 2. The third-order valence-electron chi connectivity index (χ3n) is 4.05. The summed E-state index contributed by atoms with van der Waals surface area (Å²) in [6, 6.07) is 7.73.